The van der Waals surface area contributed by atoms with Gasteiger partial charge in [0.2, 0.25) is 11.8 Å². The highest BCUT2D eigenvalue weighted by molar-refractivity contribution is 5.86. The zero-order chi connectivity index (χ0) is 19.4. The standard InChI is InChI=1S/C20H24N4O3/c1-12-6-4-7-13(2)18(12)27-20-15(8-5-9-21-20)11-22-19(26)17-10-16(14(3)25)23-24-17/h4-9,16-17,23-24H,10-11H2,1-3H3,(H,22,26). The highest BCUT2D eigenvalue weighted by Crippen LogP contribution is 2.29. The predicted octanol–water partition coefficient (Wildman–Crippen LogP) is 1.93. The summed E-state index contributed by atoms with van der Waals surface area (Å²) < 4.78 is 6.04. The lowest BCUT2D eigenvalue weighted by Gasteiger charge is -2.15. The first kappa shape index (κ1) is 19.0. The number of ketones is 1. The topological polar surface area (TPSA) is 92.4 Å². The summed E-state index contributed by atoms with van der Waals surface area (Å²) in [6.07, 6.45) is 2.09. The van der Waals surface area contributed by atoms with Crippen LogP contribution in [-0.4, -0.2) is 28.8 Å². The van der Waals surface area contributed by atoms with Crippen molar-refractivity contribution < 1.29 is 14.3 Å². The number of hydrogen-bond donors (Lipinski definition) is 3. The van der Waals surface area contributed by atoms with Crippen LogP contribution in [0, 0.1) is 13.8 Å². The van der Waals surface area contributed by atoms with Crippen molar-refractivity contribution in [2.24, 2.45) is 0 Å². The number of aromatic nitrogens is 1. The van der Waals surface area contributed by atoms with Crippen molar-refractivity contribution in [1.82, 2.24) is 21.2 Å². The molecular formula is C20H24N4O3. The van der Waals surface area contributed by atoms with Gasteiger partial charge in [-0.15, -0.1) is 0 Å². The first-order valence-corrected chi connectivity index (χ1v) is 8.93. The summed E-state index contributed by atoms with van der Waals surface area (Å²) in [5.74, 6) is 1.08. The predicted molar refractivity (Wildman–Crippen MR) is 101 cm³/mol. The van der Waals surface area contributed by atoms with E-state index >= 15 is 0 Å². The SMILES string of the molecule is CC(=O)C1CC(C(=O)NCc2cccnc2Oc2c(C)cccc2C)NN1. The number of nitrogens with zero attached hydrogens (tertiary/aromatic N) is 1. The lowest BCUT2D eigenvalue weighted by atomic mass is 10.1. The minimum absolute atomic E-state index is 0.00865. The third-order valence-corrected chi connectivity index (χ3v) is 4.62. The lowest BCUT2D eigenvalue weighted by molar-refractivity contribution is -0.123. The molecule has 3 rings (SSSR count). The molecule has 2 unspecified atom stereocenters. The quantitative estimate of drug-likeness (QED) is 0.722. The molecule has 142 valence electrons. The Morgan fingerprint density at radius 2 is 1.85 bits per heavy atom. The van der Waals surface area contributed by atoms with Gasteiger partial charge in [-0.25, -0.2) is 15.8 Å². The van der Waals surface area contributed by atoms with Crippen molar-refractivity contribution in [3.63, 3.8) is 0 Å². The number of hydrazine groups is 1. The molecule has 1 aromatic carbocycles. The van der Waals surface area contributed by atoms with E-state index in [4.69, 9.17) is 4.74 Å². The Bertz CT molecular complexity index is 833. The van der Waals surface area contributed by atoms with Gasteiger partial charge in [-0.05, 0) is 44.4 Å². The van der Waals surface area contributed by atoms with Crippen LogP contribution in [0.25, 0.3) is 0 Å². The smallest absolute Gasteiger partial charge is 0.238 e. The first-order valence-electron chi connectivity index (χ1n) is 8.93. The Morgan fingerprint density at radius 1 is 1.15 bits per heavy atom. The average molecular weight is 368 g/mol. The van der Waals surface area contributed by atoms with Gasteiger partial charge in [-0.2, -0.15) is 0 Å². The van der Waals surface area contributed by atoms with E-state index in [1.54, 1.807) is 12.3 Å². The minimum atomic E-state index is -0.446. The Labute approximate surface area is 158 Å². The van der Waals surface area contributed by atoms with Crippen LogP contribution in [0.2, 0.25) is 0 Å². The van der Waals surface area contributed by atoms with Gasteiger partial charge in [0, 0.05) is 18.3 Å². The Hall–Kier alpha value is -2.77. The van der Waals surface area contributed by atoms with Gasteiger partial charge in [0.15, 0.2) is 0 Å². The Balaban J connectivity index is 1.66. The molecule has 0 bridgehead atoms. The fourth-order valence-electron chi connectivity index (χ4n) is 3.01. The maximum absolute atomic E-state index is 12.4. The maximum atomic E-state index is 12.4. The molecule has 1 saturated heterocycles. The van der Waals surface area contributed by atoms with Gasteiger partial charge >= 0.3 is 0 Å². The molecule has 2 aromatic rings. The first-order chi connectivity index (χ1) is 13.0. The Morgan fingerprint density at radius 3 is 2.52 bits per heavy atom. The zero-order valence-electron chi connectivity index (χ0n) is 15.7. The van der Waals surface area contributed by atoms with Crippen molar-refractivity contribution in [2.75, 3.05) is 0 Å². The molecule has 1 aromatic heterocycles. The number of carbonyl (C=O) groups excluding carboxylic acids is 2. The third-order valence-electron chi connectivity index (χ3n) is 4.62. The highest BCUT2D eigenvalue weighted by Gasteiger charge is 2.31. The van der Waals surface area contributed by atoms with E-state index in [-0.39, 0.29) is 24.3 Å². The number of aryl methyl sites for hydroxylation is 2. The fourth-order valence-corrected chi connectivity index (χ4v) is 3.01. The zero-order valence-corrected chi connectivity index (χ0v) is 15.7. The second-order valence-electron chi connectivity index (χ2n) is 6.75. The number of ether oxygens (including phenoxy) is 1. The molecule has 0 aliphatic carbocycles. The van der Waals surface area contributed by atoms with Crippen LogP contribution >= 0.6 is 0 Å². The summed E-state index contributed by atoms with van der Waals surface area (Å²) >= 11 is 0. The Kier molecular flexibility index (Phi) is 5.83. The molecule has 1 fully saturated rings. The molecule has 7 nitrogen and oxygen atoms in total. The van der Waals surface area contributed by atoms with Gasteiger partial charge < -0.3 is 10.1 Å². The third kappa shape index (κ3) is 4.50. The number of rotatable bonds is 6. The molecule has 27 heavy (non-hydrogen) atoms. The van der Waals surface area contributed by atoms with Crippen molar-refractivity contribution in [1.29, 1.82) is 0 Å². The van der Waals surface area contributed by atoms with Gasteiger partial charge in [0.25, 0.3) is 0 Å². The number of para-hydroxylation sites is 1. The van der Waals surface area contributed by atoms with Gasteiger partial charge in [-0.3, -0.25) is 9.59 Å². The van der Waals surface area contributed by atoms with Crippen molar-refractivity contribution >= 4 is 11.7 Å². The number of Topliss-reactive ketones (excluding diaryl/α,β-unsaturated/α-hetero) is 1. The van der Waals surface area contributed by atoms with Crippen LogP contribution in [0.3, 0.4) is 0 Å². The van der Waals surface area contributed by atoms with E-state index in [0.717, 1.165) is 22.4 Å². The molecule has 1 amide bonds. The second-order valence-corrected chi connectivity index (χ2v) is 6.75. The van der Waals surface area contributed by atoms with E-state index in [9.17, 15) is 9.59 Å². The number of pyridine rings is 1. The van der Waals surface area contributed by atoms with Crippen LogP contribution in [0.4, 0.5) is 0 Å². The normalized spacial score (nSPS) is 18.9. The molecule has 0 radical (unpaired) electrons. The van der Waals surface area contributed by atoms with Crippen LogP contribution < -0.4 is 20.9 Å². The molecule has 1 aliphatic rings. The lowest BCUT2D eigenvalue weighted by Crippen LogP contribution is -2.43. The number of nitrogens with one attached hydrogen (secondary N) is 3. The minimum Gasteiger partial charge on any atom is -0.438 e. The number of benzene rings is 1. The van der Waals surface area contributed by atoms with E-state index in [1.165, 1.54) is 6.92 Å². The molecule has 3 N–H and O–H groups in total. The summed E-state index contributed by atoms with van der Waals surface area (Å²) in [5, 5.41) is 2.88. The molecule has 7 heteroatoms. The summed E-state index contributed by atoms with van der Waals surface area (Å²) in [6, 6.07) is 8.84. The second kappa shape index (κ2) is 8.28. The summed E-state index contributed by atoms with van der Waals surface area (Å²) in [4.78, 5) is 28.1. The van der Waals surface area contributed by atoms with Crippen molar-refractivity contribution in [3.05, 3.63) is 53.2 Å². The summed E-state index contributed by atoms with van der Waals surface area (Å²) in [5.41, 5.74) is 8.53. The molecule has 0 spiro atoms. The van der Waals surface area contributed by atoms with E-state index in [2.05, 4.69) is 21.2 Å². The number of amides is 1. The maximum Gasteiger partial charge on any atom is 0.238 e. The highest BCUT2D eigenvalue weighted by atomic mass is 16.5. The molecule has 0 saturated carbocycles. The fraction of sp³-hybridized carbons (Fsp3) is 0.350. The summed E-state index contributed by atoms with van der Waals surface area (Å²) in [7, 11) is 0. The largest absolute Gasteiger partial charge is 0.438 e. The monoisotopic (exact) mass is 368 g/mol. The van der Waals surface area contributed by atoms with Crippen LogP contribution in [-0.2, 0) is 16.1 Å². The average Bonchev–Trinajstić information content (AvgIpc) is 3.14. The molecule has 1 aliphatic heterocycles. The van der Waals surface area contributed by atoms with Gasteiger partial charge in [0.05, 0.1) is 6.04 Å². The number of carbonyl (C=O) groups is 2. The van der Waals surface area contributed by atoms with E-state index < -0.39 is 6.04 Å². The molecule has 2 heterocycles. The summed E-state index contributed by atoms with van der Waals surface area (Å²) in [6.45, 7) is 5.76. The van der Waals surface area contributed by atoms with Gasteiger partial charge in [-0.1, -0.05) is 24.3 Å². The van der Waals surface area contributed by atoms with E-state index in [0.29, 0.717) is 12.3 Å². The van der Waals surface area contributed by atoms with Gasteiger partial charge in [0.1, 0.15) is 17.6 Å². The van der Waals surface area contributed by atoms with E-state index in [1.807, 2.05) is 38.1 Å². The molecule has 2 atom stereocenters. The molecular weight excluding hydrogens is 344 g/mol. The van der Waals surface area contributed by atoms with Crippen molar-refractivity contribution in [2.45, 2.75) is 45.8 Å². The van der Waals surface area contributed by atoms with Crippen LogP contribution in [0.1, 0.15) is 30.0 Å². The van der Waals surface area contributed by atoms with Crippen LogP contribution in [0.5, 0.6) is 11.6 Å². The van der Waals surface area contributed by atoms with Crippen LogP contribution in [0.15, 0.2) is 36.5 Å². The van der Waals surface area contributed by atoms with Crippen molar-refractivity contribution in [3.8, 4) is 11.6 Å². The number of hydrogen-bond acceptors (Lipinski definition) is 6.